The minimum atomic E-state index is -1.20. The van der Waals surface area contributed by atoms with Gasteiger partial charge in [0.2, 0.25) is 23.6 Å². The molecule has 2 aromatic rings. The fourth-order valence-electron chi connectivity index (χ4n) is 8.03. The molecule has 22 heteroatoms. The number of thiazole rings is 1. The second-order valence-corrected chi connectivity index (χ2v) is 20.7. The zero-order valence-electron chi connectivity index (χ0n) is 44.1. The third kappa shape index (κ3) is 18.0. The van der Waals surface area contributed by atoms with Gasteiger partial charge in [0.1, 0.15) is 28.5 Å². The fraction of sp³-hybridized carbons (Fsp3) is 0.608. The monoisotopic (exact) mass is 1040 g/mol. The number of likely N-dealkylation sites (N-methyl/N-ethyl adjacent to an activating group) is 2. The Balaban J connectivity index is 1.91. The maximum atomic E-state index is 14.3. The molecule has 1 aliphatic rings. The number of hydrogen-bond donors (Lipinski definition) is 7. The normalized spacial score (nSPS) is 15.5. The lowest BCUT2D eigenvalue weighted by molar-refractivity contribution is -0.149. The van der Waals surface area contributed by atoms with Crippen LogP contribution in [0, 0.1) is 17.8 Å². The van der Waals surface area contributed by atoms with Gasteiger partial charge in [-0.1, -0.05) is 47.1 Å². The first-order chi connectivity index (χ1) is 34.2. The number of nitrogens with two attached hydrogens (primary N) is 1. The summed E-state index contributed by atoms with van der Waals surface area (Å²) in [6.07, 6.45) is 3.39. The van der Waals surface area contributed by atoms with E-state index in [9.17, 15) is 53.4 Å². The molecule has 7 amide bonds. The maximum Gasteiger partial charge on any atom is 0.326 e. The van der Waals surface area contributed by atoms with Crippen LogP contribution >= 0.6 is 11.3 Å². The number of carbonyl (C=O) groups excluding carboxylic acids is 8. The SMILES string of the molecule is CC[C@H](C)[C@H](NC(=O)C(C)(C)N(C)C)C(=O)N(C)[C@H](C[C@@H](OC(C)=O)c1nc(C(=O)N[C@@H](Cc2ccc(O)c(NC(=O)CCCN3C(=O)C=CC3=O)c2)CC(C)C(=O)N[C@@H](CCCCN)C(=O)O)cs1)C(C)C. The summed E-state index contributed by atoms with van der Waals surface area (Å²) < 4.78 is 5.81. The number of phenols is 1. The molecule has 404 valence electrons. The number of rotatable bonds is 30. The van der Waals surface area contributed by atoms with Gasteiger partial charge in [-0.2, -0.15) is 0 Å². The molecule has 2 heterocycles. The largest absolute Gasteiger partial charge is 0.506 e. The molecule has 0 fully saturated rings. The minimum Gasteiger partial charge on any atom is -0.506 e. The Morgan fingerprint density at radius 3 is 2.16 bits per heavy atom. The van der Waals surface area contributed by atoms with Gasteiger partial charge >= 0.3 is 11.9 Å². The molecule has 3 rings (SSSR count). The van der Waals surface area contributed by atoms with E-state index < -0.39 is 83.2 Å². The molecule has 73 heavy (non-hydrogen) atoms. The highest BCUT2D eigenvalue weighted by Gasteiger charge is 2.39. The first-order valence-electron chi connectivity index (χ1n) is 24.8. The highest BCUT2D eigenvalue weighted by atomic mass is 32.1. The van der Waals surface area contributed by atoms with Gasteiger partial charge in [0.05, 0.1) is 11.2 Å². The summed E-state index contributed by atoms with van der Waals surface area (Å²) in [5.74, 6) is -6.57. The molecule has 1 aliphatic heterocycles. The van der Waals surface area contributed by atoms with Crippen LogP contribution in [0.5, 0.6) is 5.75 Å². The summed E-state index contributed by atoms with van der Waals surface area (Å²) in [4.78, 5) is 126. The molecule has 1 unspecified atom stereocenters. The highest BCUT2D eigenvalue weighted by Crippen LogP contribution is 2.32. The van der Waals surface area contributed by atoms with E-state index in [0.29, 0.717) is 31.4 Å². The van der Waals surface area contributed by atoms with Crippen molar-refractivity contribution in [2.75, 3.05) is 39.5 Å². The summed E-state index contributed by atoms with van der Waals surface area (Å²) in [7, 11) is 5.21. The van der Waals surface area contributed by atoms with E-state index >= 15 is 0 Å². The Morgan fingerprint density at radius 1 is 0.932 bits per heavy atom. The second kappa shape index (κ2) is 28.3. The van der Waals surface area contributed by atoms with Gasteiger partial charge in [0.25, 0.3) is 17.7 Å². The average Bonchev–Trinajstić information content (AvgIpc) is 3.95. The minimum absolute atomic E-state index is 0.00627. The van der Waals surface area contributed by atoms with Crippen molar-refractivity contribution >= 4 is 70.3 Å². The first kappa shape index (κ1) is 61.0. The molecule has 21 nitrogen and oxygen atoms in total. The summed E-state index contributed by atoms with van der Waals surface area (Å²) in [6, 6.07) is 1.09. The standard InChI is InChI=1S/C51H77N9O12S/c1-12-30(4)44(57-50(71)51(7,8)58(9)10)48(68)59(11)38(29(2)3)27-40(72-32(6)61)47-56-37(28-73-47)46(67)53-34(24-31(5)45(66)55-35(49(69)70)16-13-14-22-52)25-33-18-19-39(62)36(26-33)54-41(63)17-15-23-60-42(64)20-21-43(60)65/h18-21,26,28-31,34-35,38,40,44,62H,12-17,22-25,27,52H2,1-11H3,(H,53,67)(H,54,63)(H,55,66)(H,57,71)(H,69,70)/t30-,31?,34+,35-,38+,40+,44-/m0/s1. The average molecular weight is 1040 g/mol. The van der Waals surface area contributed by atoms with Crippen molar-refractivity contribution in [1.29, 1.82) is 0 Å². The topological polar surface area (TPSA) is 300 Å². The number of anilines is 1. The number of nitrogens with one attached hydrogen (secondary N) is 4. The molecule has 0 radical (unpaired) electrons. The van der Waals surface area contributed by atoms with E-state index in [0.717, 1.165) is 28.4 Å². The zero-order valence-corrected chi connectivity index (χ0v) is 44.9. The Hall–Kier alpha value is -6.26. The van der Waals surface area contributed by atoms with Crippen LogP contribution in [0.15, 0.2) is 35.7 Å². The number of aromatic hydroxyl groups is 1. The molecule has 1 aromatic carbocycles. The van der Waals surface area contributed by atoms with Gasteiger partial charge in [0, 0.05) is 68.9 Å². The number of unbranched alkanes of at least 4 members (excludes halogenated alkanes) is 1. The number of hydrogen-bond acceptors (Lipinski definition) is 15. The lowest BCUT2D eigenvalue weighted by atomic mass is 9.92. The summed E-state index contributed by atoms with van der Waals surface area (Å²) >= 11 is 1.07. The molecule has 8 N–H and O–H groups in total. The summed E-state index contributed by atoms with van der Waals surface area (Å²) in [6.45, 7) is 14.4. The Bertz CT molecular complexity index is 2300. The number of aliphatic carboxylic acids is 1. The Kier molecular flexibility index (Phi) is 23.6. The zero-order chi connectivity index (χ0) is 54.9. The van der Waals surface area contributed by atoms with Crippen LogP contribution in [0.1, 0.15) is 134 Å². The highest BCUT2D eigenvalue weighted by molar-refractivity contribution is 7.09. The van der Waals surface area contributed by atoms with Gasteiger partial charge < -0.3 is 46.9 Å². The molecule has 0 saturated carbocycles. The molecule has 0 saturated heterocycles. The lowest BCUT2D eigenvalue weighted by Gasteiger charge is -2.38. The van der Waals surface area contributed by atoms with Crippen molar-refractivity contribution in [3.8, 4) is 5.75 Å². The number of phenolic OH excluding ortho intramolecular Hbond substituents is 1. The van der Waals surface area contributed by atoms with Crippen molar-refractivity contribution in [2.45, 2.75) is 149 Å². The van der Waals surface area contributed by atoms with Crippen LogP contribution in [0.3, 0.4) is 0 Å². The van der Waals surface area contributed by atoms with Crippen LogP contribution in [0.4, 0.5) is 5.69 Å². The van der Waals surface area contributed by atoms with Crippen molar-refractivity contribution in [2.24, 2.45) is 23.5 Å². The van der Waals surface area contributed by atoms with E-state index in [2.05, 4.69) is 26.3 Å². The first-order valence-corrected chi connectivity index (χ1v) is 25.7. The van der Waals surface area contributed by atoms with E-state index in [4.69, 9.17) is 10.5 Å². The van der Waals surface area contributed by atoms with Crippen molar-refractivity contribution in [3.05, 3.63) is 52.0 Å². The number of carboxylic acid groups (broad SMARTS) is 1. The van der Waals surface area contributed by atoms with Crippen LogP contribution in [-0.4, -0.2) is 147 Å². The fourth-order valence-corrected chi connectivity index (χ4v) is 8.87. The second-order valence-electron chi connectivity index (χ2n) is 19.8. The molecular weight excluding hydrogens is 963 g/mol. The number of carboxylic acids is 1. The van der Waals surface area contributed by atoms with Crippen molar-refractivity contribution in [1.82, 2.24) is 35.6 Å². The number of aromatic nitrogens is 1. The number of benzene rings is 1. The van der Waals surface area contributed by atoms with Crippen LogP contribution in [0.25, 0.3) is 0 Å². The molecule has 7 atom stereocenters. The molecule has 0 spiro atoms. The lowest BCUT2D eigenvalue weighted by Crippen LogP contribution is -2.60. The van der Waals surface area contributed by atoms with Crippen molar-refractivity contribution in [3.63, 3.8) is 0 Å². The Morgan fingerprint density at radius 2 is 1.59 bits per heavy atom. The predicted molar refractivity (Wildman–Crippen MR) is 275 cm³/mol. The van der Waals surface area contributed by atoms with Crippen molar-refractivity contribution < 1.29 is 58.1 Å². The van der Waals surface area contributed by atoms with Gasteiger partial charge in [-0.15, -0.1) is 11.3 Å². The quantitative estimate of drug-likeness (QED) is 0.0253. The number of amides is 7. The number of esters is 1. The smallest absolute Gasteiger partial charge is 0.326 e. The molecular formula is C51H77N9O12S. The van der Waals surface area contributed by atoms with Crippen LogP contribution in [0.2, 0.25) is 0 Å². The van der Waals surface area contributed by atoms with Gasteiger partial charge in [-0.3, -0.25) is 48.2 Å². The molecule has 0 aliphatic carbocycles. The number of carbonyl (C=O) groups is 9. The summed E-state index contributed by atoms with van der Waals surface area (Å²) in [5, 5.41) is 33.5. The van der Waals surface area contributed by atoms with E-state index in [1.165, 1.54) is 24.4 Å². The maximum absolute atomic E-state index is 14.3. The number of nitrogens with zero attached hydrogens (tertiary/aromatic N) is 4. The Labute approximate surface area is 432 Å². The van der Waals surface area contributed by atoms with Crippen LogP contribution < -0.4 is 27.0 Å². The van der Waals surface area contributed by atoms with Gasteiger partial charge in [0.15, 0.2) is 6.10 Å². The van der Waals surface area contributed by atoms with E-state index in [1.807, 2.05) is 27.7 Å². The van der Waals surface area contributed by atoms with Gasteiger partial charge in [-0.25, -0.2) is 9.78 Å². The third-order valence-corrected chi connectivity index (χ3v) is 14.3. The van der Waals surface area contributed by atoms with Gasteiger partial charge in [-0.05, 0) is 103 Å². The van der Waals surface area contributed by atoms with E-state index in [1.54, 1.807) is 57.8 Å². The molecule has 0 bridgehead atoms. The van der Waals surface area contributed by atoms with E-state index in [-0.39, 0.29) is 90.9 Å². The third-order valence-electron chi connectivity index (χ3n) is 13.3. The van der Waals surface area contributed by atoms with Crippen LogP contribution in [-0.2, 0) is 49.5 Å². The number of imide groups is 1. The predicted octanol–water partition coefficient (Wildman–Crippen LogP) is 3.91. The summed E-state index contributed by atoms with van der Waals surface area (Å²) in [5.41, 5.74) is 5.23. The molecule has 1 aromatic heterocycles. The number of ether oxygens (including phenoxy) is 1.